The fourth-order valence-corrected chi connectivity index (χ4v) is 3.52. The highest BCUT2D eigenvalue weighted by Gasteiger charge is 2.31. The molecular formula is C17H37IN6. The average molecular weight is 452 g/mol. The van der Waals surface area contributed by atoms with Gasteiger partial charge in [-0.25, -0.2) is 0 Å². The highest BCUT2D eigenvalue weighted by molar-refractivity contribution is 14.0. The van der Waals surface area contributed by atoms with E-state index in [4.69, 9.17) is 0 Å². The van der Waals surface area contributed by atoms with Crippen molar-refractivity contribution in [2.45, 2.75) is 38.9 Å². The van der Waals surface area contributed by atoms with Gasteiger partial charge < -0.3 is 15.5 Å². The minimum absolute atomic E-state index is 0. The van der Waals surface area contributed by atoms with Crippen LogP contribution in [0, 0.1) is 5.92 Å². The van der Waals surface area contributed by atoms with Gasteiger partial charge in [0.1, 0.15) is 0 Å². The molecule has 0 aromatic heterocycles. The second kappa shape index (κ2) is 10.1. The zero-order valence-corrected chi connectivity index (χ0v) is 18.6. The SMILES string of the molecule is CN=C(NCC1CN(C)CCN1C)NC1CN(C(C)C)CC1C.I. The molecule has 2 saturated heterocycles. The van der Waals surface area contributed by atoms with E-state index in [0.717, 1.165) is 38.7 Å². The van der Waals surface area contributed by atoms with Gasteiger partial charge in [-0.2, -0.15) is 0 Å². The van der Waals surface area contributed by atoms with Gasteiger partial charge in [-0.1, -0.05) is 6.92 Å². The summed E-state index contributed by atoms with van der Waals surface area (Å²) in [6.45, 7) is 13.5. The smallest absolute Gasteiger partial charge is 0.191 e. The molecule has 0 aliphatic carbocycles. The topological polar surface area (TPSA) is 46.1 Å². The quantitative estimate of drug-likeness (QED) is 0.375. The Morgan fingerprint density at radius 2 is 1.88 bits per heavy atom. The van der Waals surface area contributed by atoms with Gasteiger partial charge in [0.25, 0.3) is 0 Å². The summed E-state index contributed by atoms with van der Waals surface area (Å²) >= 11 is 0. The molecule has 2 aliphatic heterocycles. The molecule has 3 atom stereocenters. The van der Waals surface area contributed by atoms with Gasteiger partial charge >= 0.3 is 0 Å². The van der Waals surface area contributed by atoms with Crippen molar-refractivity contribution in [3.63, 3.8) is 0 Å². The number of hydrogen-bond donors (Lipinski definition) is 2. The van der Waals surface area contributed by atoms with Gasteiger partial charge in [0, 0.05) is 64.4 Å². The van der Waals surface area contributed by atoms with E-state index < -0.39 is 0 Å². The third-order valence-corrected chi connectivity index (χ3v) is 5.40. The molecule has 7 heteroatoms. The predicted octanol–water partition coefficient (Wildman–Crippen LogP) is 0.744. The Hall–Kier alpha value is -0.120. The van der Waals surface area contributed by atoms with Crippen molar-refractivity contribution >= 4 is 29.9 Å². The number of likely N-dealkylation sites (N-methyl/N-ethyl adjacent to an activating group) is 2. The fraction of sp³-hybridized carbons (Fsp3) is 0.941. The van der Waals surface area contributed by atoms with E-state index in [1.807, 2.05) is 7.05 Å². The first-order chi connectivity index (χ1) is 10.9. The standard InChI is InChI=1S/C17H36N6.HI/c1-13(2)23-10-14(3)16(12-23)20-17(18-4)19-9-15-11-21(5)7-8-22(15)6;/h13-16H,7-12H2,1-6H3,(H2,18,19,20);1H. The Balaban J connectivity index is 0.00000288. The first-order valence-electron chi connectivity index (χ1n) is 9.00. The van der Waals surface area contributed by atoms with E-state index in [9.17, 15) is 0 Å². The summed E-state index contributed by atoms with van der Waals surface area (Å²) in [5.41, 5.74) is 0. The normalized spacial score (nSPS) is 30.5. The molecule has 24 heavy (non-hydrogen) atoms. The Kier molecular flexibility index (Phi) is 9.25. The van der Waals surface area contributed by atoms with Crippen molar-refractivity contribution in [2.75, 3.05) is 60.4 Å². The Morgan fingerprint density at radius 1 is 1.17 bits per heavy atom. The van der Waals surface area contributed by atoms with Crippen LogP contribution in [0.15, 0.2) is 4.99 Å². The maximum Gasteiger partial charge on any atom is 0.191 e. The molecule has 0 bridgehead atoms. The lowest BCUT2D eigenvalue weighted by Crippen LogP contribution is -2.56. The summed E-state index contributed by atoms with van der Waals surface area (Å²) in [6.07, 6.45) is 0. The summed E-state index contributed by atoms with van der Waals surface area (Å²) in [7, 11) is 6.29. The second-order valence-electron chi connectivity index (χ2n) is 7.63. The van der Waals surface area contributed by atoms with Crippen LogP contribution in [-0.2, 0) is 0 Å². The largest absolute Gasteiger partial charge is 0.355 e. The highest BCUT2D eigenvalue weighted by Crippen LogP contribution is 2.18. The third-order valence-electron chi connectivity index (χ3n) is 5.40. The third kappa shape index (κ3) is 6.00. The summed E-state index contributed by atoms with van der Waals surface area (Å²) in [5.74, 6) is 1.59. The number of hydrogen-bond acceptors (Lipinski definition) is 4. The van der Waals surface area contributed by atoms with Crippen LogP contribution >= 0.6 is 24.0 Å². The number of rotatable bonds is 4. The Labute approximate surface area is 165 Å². The molecule has 0 aromatic carbocycles. The summed E-state index contributed by atoms with van der Waals surface area (Å²) in [5, 5.41) is 7.16. The first-order valence-corrected chi connectivity index (χ1v) is 9.00. The molecule has 142 valence electrons. The van der Waals surface area contributed by atoms with E-state index in [2.05, 4.69) is 65.2 Å². The number of nitrogens with one attached hydrogen (secondary N) is 2. The van der Waals surface area contributed by atoms with E-state index in [0.29, 0.717) is 24.0 Å². The molecule has 0 aromatic rings. The maximum absolute atomic E-state index is 4.43. The number of likely N-dealkylation sites (tertiary alicyclic amines) is 1. The van der Waals surface area contributed by atoms with Crippen LogP contribution in [0.3, 0.4) is 0 Å². The van der Waals surface area contributed by atoms with Crippen LogP contribution in [0.5, 0.6) is 0 Å². The number of halogens is 1. The van der Waals surface area contributed by atoms with Gasteiger partial charge in [-0.05, 0) is 33.9 Å². The lowest BCUT2D eigenvalue weighted by Gasteiger charge is -2.38. The zero-order valence-electron chi connectivity index (χ0n) is 16.2. The van der Waals surface area contributed by atoms with E-state index >= 15 is 0 Å². The molecule has 0 radical (unpaired) electrons. The zero-order chi connectivity index (χ0) is 17.0. The molecule has 2 heterocycles. The second-order valence-corrected chi connectivity index (χ2v) is 7.63. The van der Waals surface area contributed by atoms with Gasteiger partial charge in [-0.15, -0.1) is 24.0 Å². The first kappa shape index (κ1) is 21.9. The molecule has 2 fully saturated rings. The van der Waals surface area contributed by atoms with Gasteiger partial charge in [-0.3, -0.25) is 14.8 Å². The average Bonchev–Trinajstić information content (AvgIpc) is 2.88. The Morgan fingerprint density at radius 3 is 2.46 bits per heavy atom. The molecule has 0 spiro atoms. The minimum Gasteiger partial charge on any atom is -0.355 e. The lowest BCUT2D eigenvalue weighted by molar-refractivity contribution is 0.116. The van der Waals surface area contributed by atoms with Crippen LogP contribution in [0.1, 0.15) is 20.8 Å². The molecular weight excluding hydrogens is 415 g/mol. The van der Waals surface area contributed by atoms with Gasteiger partial charge in [0.15, 0.2) is 5.96 Å². The predicted molar refractivity (Wildman–Crippen MR) is 113 cm³/mol. The summed E-state index contributed by atoms with van der Waals surface area (Å²) in [6, 6.07) is 1.64. The van der Waals surface area contributed by atoms with E-state index in [1.54, 1.807) is 0 Å². The highest BCUT2D eigenvalue weighted by atomic mass is 127. The molecule has 2 N–H and O–H groups in total. The van der Waals surface area contributed by atoms with Crippen molar-refractivity contribution in [1.29, 1.82) is 0 Å². The fourth-order valence-electron chi connectivity index (χ4n) is 3.52. The van der Waals surface area contributed by atoms with Crippen LogP contribution < -0.4 is 10.6 Å². The molecule has 6 nitrogen and oxygen atoms in total. The van der Waals surface area contributed by atoms with Crippen molar-refractivity contribution in [2.24, 2.45) is 10.9 Å². The van der Waals surface area contributed by atoms with Crippen molar-refractivity contribution in [3.05, 3.63) is 0 Å². The Bertz CT molecular complexity index is 403. The van der Waals surface area contributed by atoms with Crippen LogP contribution in [0.25, 0.3) is 0 Å². The van der Waals surface area contributed by atoms with Crippen molar-refractivity contribution in [1.82, 2.24) is 25.3 Å². The number of nitrogens with zero attached hydrogens (tertiary/aromatic N) is 4. The summed E-state index contributed by atoms with van der Waals surface area (Å²) in [4.78, 5) is 11.8. The number of aliphatic imine (C=N–C) groups is 1. The van der Waals surface area contributed by atoms with Crippen LogP contribution in [0.4, 0.5) is 0 Å². The van der Waals surface area contributed by atoms with Crippen LogP contribution in [-0.4, -0.2) is 99.2 Å². The number of guanidine groups is 1. The molecule has 2 rings (SSSR count). The van der Waals surface area contributed by atoms with Gasteiger partial charge in [0.2, 0.25) is 0 Å². The van der Waals surface area contributed by atoms with Crippen molar-refractivity contribution in [3.8, 4) is 0 Å². The minimum atomic E-state index is 0. The number of piperazine rings is 1. The van der Waals surface area contributed by atoms with E-state index in [1.165, 1.54) is 6.54 Å². The van der Waals surface area contributed by atoms with Crippen molar-refractivity contribution < 1.29 is 0 Å². The van der Waals surface area contributed by atoms with Gasteiger partial charge in [0.05, 0.1) is 0 Å². The molecule has 3 unspecified atom stereocenters. The lowest BCUT2D eigenvalue weighted by atomic mass is 10.1. The van der Waals surface area contributed by atoms with Crippen LogP contribution in [0.2, 0.25) is 0 Å². The molecule has 0 amide bonds. The maximum atomic E-state index is 4.43. The monoisotopic (exact) mass is 452 g/mol. The van der Waals surface area contributed by atoms with E-state index in [-0.39, 0.29) is 24.0 Å². The molecule has 2 aliphatic rings. The summed E-state index contributed by atoms with van der Waals surface area (Å²) < 4.78 is 0. The molecule has 0 saturated carbocycles.